The molecule has 0 aromatic rings. The van der Waals surface area contributed by atoms with E-state index >= 15 is 0 Å². The van der Waals surface area contributed by atoms with Gasteiger partial charge in [-0.3, -0.25) is 0 Å². The molecule has 2 heteroatoms. The van der Waals surface area contributed by atoms with Crippen LogP contribution in [0, 0.1) is 12.3 Å². The highest BCUT2D eigenvalue weighted by atomic mass is 16.6. The number of aliphatic hydroxyl groups is 1. The number of terminal acetylenes is 1. The summed E-state index contributed by atoms with van der Waals surface area (Å²) in [5, 5.41) is 8.39. The maximum Gasteiger partial charge on any atom is 0.144 e. The molecule has 0 aliphatic carbocycles. The van der Waals surface area contributed by atoms with Crippen LogP contribution in [0.25, 0.3) is 0 Å². The van der Waals surface area contributed by atoms with E-state index < -0.39 is 0 Å². The van der Waals surface area contributed by atoms with Crippen LogP contribution in [0.2, 0.25) is 0 Å². The highest BCUT2D eigenvalue weighted by molar-refractivity contribution is 5.07. The molecule has 50 valence electrons. The van der Waals surface area contributed by atoms with E-state index in [4.69, 9.17) is 16.3 Å². The van der Waals surface area contributed by atoms with Gasteiger partial charge in [-0.1, -0.05) is 5.92 Å². The van der Waals surface area contributed by atoms with Gasteiger partial charge in [-0.25, -0.2) is 0 Å². The van der Waals surface area contributed by atoms with Crippen molar-refractivity contribution in [2.45, 2.75) is 25.0 Å². The Hall–Kier alpha value is -0.520. The molecule has 0 spiro atoms. The lowest BCUT2D eigenvalue weighted by Crippen LogP contribution is -1.92. The van der Waals surface area contributed by atoms with Crippen LogP contribution >= 0.6 is 0 Å². The van der Waals surface area contributed by atoms with Crippen molar-refractivity contribution in [3.8, 4) is 12.3 Å². The van der Waals surface area contributed by atoms with Gasteiger partial charge < -0.3 is 9.84 Å². The number of aliphatic hydroxyl groups excluding tert-OH is 1. The molecule has 0 saturated carbocycles. The number of hydrogen-bond acceptors (Lipinski definition) is 2. The first-order valence-corrected chi connectivity index (χ1v) is 3.11. The molecule has 0 aromatic carbocycles. The summed E-state index contributed by atoms with van der Waals surface area (Å²) in [6.45, 7) is 0.233. The Kier molecular flexibility index (Phi) is 2.10. The molecule has 2 atom stereocenters. The SMILES string of the molecule is C#C[C@H]1O[C@@H]1CCCO. The second-order valence-corrected chi connectivity index (χ2v) is 2.13. The molecule has 0 radical (unpaired) electrons. The van der Waals surface area contributed by atoms with Gasteiger partial charge in [-0.05, 0) is 12.8 Å². The van der Waals surface area contributed by atoms with E-state index in [-0.39, 0.29) is 18.8 Å². The van der Waals surface area contributed by atoms with Crippen LogP contribution in [-0.2, 0) is 4.74 Å². The quantitative estimate of drug-likeness (QED) is 0.431. The summed E-state index contributed by atoms with van der Waals surface area (Å²) in [5.41, 5.74) is 0. The maximum atomic E-state index is 8.39. The first kappa shape index (κ1) is 6.60. The Morgan fingerprint density at radius 2 is 2.44 bits per heavy atom. The predicted molar refractivity (Wildman–Crippen MR) is 33.8 cm³/mol. The zero-order valence-electron chi connectivity index (χ0n) is 5.21. The standard InChI is InChI=1S/C7H10O2/c1-2-6-7(9-6)4-3-5-8/h1,6-8H,3-5H2/t6-,7-/m1/s1. The van der Waals surface area contributed by atoms with Crippen molar-refractivity contribution >= 4 is 0 Å². The van der Waals surface area contributed by atoms with E-state index in [0.717, 1.165) is 12.8 Å². The Balaban J connectivity index is 2.00. The normalized spacial score (nSPS) is 31.6. The van der Waals surface area contributed by atoms with Gasteiger partial charge in [0.2, 0.25) is 0 Å². The fourth-order valence-corrected chi connectivity index (χ4v) is 0.801. The smallest absolute Gasteiger partial charge is 0.144 e. The second-order valence-electron chi connectivity index (χ2n) is 2.13. The molecule has 1 N–H and O–H groups in total. The molecular weight excluding hydrogens is 116 g/mol. The largest absolute Gasteiger partial charge is 0.396 e. The van der Waals surface area contributed by atoms with Crippen molar-refractivity contribution in [1.82, 2.24) is 0 Å². The first-order chi connectivity index (χ1) is 4.38. The average Bonchev–Trinajstić information content (AvgIpc) is 2.62. The lowest BCUT2D eigenvalue weighted by Gasteiger charge is -1.87. The summed E-state index contributed by atoms with van der Waals surface area (Å²) in [6.07, 6.45) is 7.02. The van der Waals surface area contributed by atoms with Gasteiger partial charge in [-0.2, -0.15) is 0 Å². The molecule has 0 bridgehead atoms. The summed E-state index contributed by atoms with van der Waals surface area (Å²) in [5.74, 6) is 2.49. The topological polar surface area (TPSA) is 32.8 Å². The summed E-state index contributed by atoms with van der Waals surface area (Å²) in [4.78, 5) is 0. The van der Waals surface area contributed by atoms with Gasteiger partial charge in [-0.15, -0.1) is 6.42 Å². The van der Waals surface area contributed by atoms with Crippen molar-refractivity contribution in [3.63, 3.8) is 0 Å². The van der Waals surface area contributed by atoms with Crippen LogP contribution in [0.1, 0.15) is 12.8 Å². The molecular formula is C7H10O2. The third-order valence-electron chi connectivity index (χ3n) is 1.39. The Morgan fingerprint density at radius 1 is 1.67 bits per heavy atom. The summed E-state index contributed by atoms with van der Waals surface area (Å²) >= 11 is 0. The second kappa shape index (κ2) is 2.86. The van der Waals surface area contributed by atoms with E-state index in [1.165, 1.54) is 0 Å². The Morgan fingerprint density at radius 3 is 2.89 bits per heavy atom. The van der Waals surface area contributed by atoms with E-state index in [1.54, 1.807) is 0 Å². The number of rotatable bonds is 3. The minimum atomic E-state index is 0.0385. The van der Waals surface area contributed by atoms with Crippen LogP contribution in [-0.4, -0.2) is 23.9 Å². The molecule has 1 fully saturated rings. The van der Waals surface area contributed by atoms with Crippen molar-refractivity contribution in [3.05, 3.63) is 0 Å². The van der Waals surface area contributed by atoms with E-state index in [9.17, 15) is 0 Å². The molecule has 1 aliphatic rings. The molecule has 1 saturated heterocycles. The lowest BCUT2D eigenvalue weighted by atomic mass is 10.2. The van der Waals surface area contributed by atoms with E-state index in [0.29, 0.717) is 0 Å². The minimum Gasteiger partial charge on any atom is -0.396 e. The maximum absolute atomic E-state index is 8.39. The summed E-state index contributed by atoms with van der Waals surface area (Å²) < 4.78 is 5.02. The van der Waals surface area contributed by atoms with Gasteiger partial charge in [0.05, 0.1) is 6.10 Å². The van der Waals surface area contributed by atoms with Crippen LogP contribution < -0.4 is 0 Å². The van der Waals surface area contributed by atoms with Gasteiger partial charge in [0.1, 0.15) is 6.10 Å². The third kappa shape index (κ3) is 1.70. The minimum absolute atomic E-state index is 0.0385. The molecule has 2 nitrogen and oxygen atoms in total. The molecule has 1 aliphatic heterocycles. The molecule has 0 aromatic heterocycles. The van der Waals surface area contributed by atoms with Gasteiger partial charge in [0, 0.05) is 6.61 Å². The Bertz CT molecular complexity index is 125. The zero-order chi connectivity index (χ0) is 6.69. The third-order valence-corrected chi connectivity index (χ3v) is 1.39. The van der Waals surface area contributed by atoms with Crippen LogP contribution in [0.15, 0.2) is 0 Å². The van der Waals surface area contributed by atoms with E-state index in [1.807, 2.05) is 0 Å². The van der Waals surface area contributed by atoms with E-state index in [2.05, 4.69) is 5.92 Å². The fraction of sp³-hybridized carbons (Fsp3) is 0.714. The highest BCUT2D eigenvalue weighted by Gasteiger charge is 2.35. The number of hydrogen-bond donors (Lipinski definition) is 1. The summed E-state index contributed by atoms with van der Waals surface area (Å²) in [7, 11) is 0. The van der Waals surface area contributed by atoms with Gasteiger partial charge in [0.25, 0.3) is 0 Å². The zero-order valence-corrected chi connectivity index (χ0v) is 5.21. The van der Waals surface area contributed by atoms with Crippen LogP contribution in [0.4, 0.5) is 0 Å². The highest BCUT2D eigenvalue weighted by Crippen LogP contribution is 2.24. The van der Waals surface area contributed by atoms with Crippen molar-refractivity contribution in [2.24, 2.45) is 0 Å². The molecule has 1 heterocycles. The average molecular weight is 126 g/mol. The first-order valence-electron chi connectivity index (χ1n) is 3.11. The summed E-state index contributed by atoms with van der Waals surface area (Å²) in [6, 6.07) is 0. The predicted octanol–water partition coefficient (Wildman–Crippen LogP) is 0.160. The van der Waals surface area contributed by atoms with Crippen molar-refractivity contribution in [2.75, 3.05) is 6.61 Å². The van der Waals surface area contributed by atoms with Gasteiger partial charge in [0.15, 0.2) is 0 Å². The molecule has 0 amide bonds. The van der Waals surface area contributed by atoms with Crippen molar-refractivity contribution < 1.29 is 9.84 Å². The molecule has 1 rings (SSSR count). The number of epoxide rings is 1. The van der Waals surface area contributed by atoms with Crippen LogP contribution in [0.5, 0.6) is 0 Å². The monoisotopic (exact) mass is 126 g/mol. The van der Waals surface area contributed by atoms with Gasteiger partial charge >= 0.3 is 0 Å². The lowest BCUT2D eigenvalue weighted by molar-refractivity contribution is 0.273. The Labute approximate surface area is 54.8 Å². The fourth-order valence-electron chi connectivity index (χ4n) is 0.801. The molecule has 0 unspecified atom stereocenters. The van der Waals surface area contributed by atoms with Crippen LogP contribution in [0.3, 0.4) is 0 Å². The number of ether oxygens (including phenoxy) is 1. The van der Waals surface area contributed by atoms with Crippen molar-refractivity contribution in [1.29, 1.82) is 0 Å². The molecule has 9 heavy (non-hydrogen) atoms.